The van der Waals surface area contributed by atoms with Crippen LogP contribution in [0.25, 0.3) is 0 Å². The number of carbonyl (C=O) groups is 1. The molecular formula is C22H29BrFN3O4S2. The van der Waals surface area contributed by atoms with Crippen LogP contribution in [0.5, 0.6) is 0 Å². The molecule has 0 aliphatic heterocycles. The number of hydrogen-bond donors (Lipinski definition) is 1. The molecule has 1 aromatic heterocycles. The third-order valence-electron chi connectivity index (χ3n) is 4.67. The molecule has 182 valence electrons. The molecule has 0 aliphatic carbocycles. The minimum Gasteiger partial charge on any atom is -0.465 e. The lowest BCUT2D eigenvalue weighted by Gasteiger charge is -2.25. The van der Waals surface area contributed by atoms with Crippen molar-refractivity contribution in [1.82, 2.24) is 14.3 Å². The van der Waals surface area contributed by atoms with Crippen LogP contribution in [-0.4, -0.2) is 37.3 Å². The SMILES string of the molecule is CCOC(=O)Cn1c(SC)nc(CC[C@@H](N[S@](=O)C(C)(C)C)c2ccc(F)cc2)c(Br)c1=O. The summed E-state index contributed by atoms with van der Waals surface area (Å²) in [5.41, 5.74) is 0.938. The summed E-state index contributed by atoms with van der Waals surface area (Å²) in [6.45, 7) is 7.30. The smallest absolute Gasteiger partial charge is 0.326 e. The van der Waals surface area contributed by atoms with E-state index < -0.39 is 21.7 Å². The van der Waals surface area contributed by atoms with Crippen LogP contribution in [0.1, 0.15) is 51.4 Å². The molecule has 2 aromatic rings. The van der Waals surface area contributed by atoms with Crippen LogP contribution >= 0.6 is 27.7 Å². The van der Waals surface area contributed by atoms with Gasteiger partial charge in [0.15, 0.2) is 5.16 Å². The Labute approximate surface area is 208 Å². The van der Waals surface area contributed by atoms with Gasteiger partial charge in [0.05, 0.1) is 28.0 Å². The topological polar surface area (TPSA) is 90.3 Å². The number of carbonyl (C=O) groups excluding carboxylic acids is 1. The third-order valence-corrected chi connectivity index (χ3v) is 7.76. The minimum atomic E-state index is -1.36. The van der Waals surface area contributed by atoms with Crippen molar-refractivity contribution in [2.75, 3.05) is 12.9 Å². The summed E-state index contributed by atoms with van der Waals surface area (Å²) in [6, 6.07) is 5.68. The normalized spacial score (nSPS) is 13.5. The number of esters is 1. The summed E-state index contributed by atoms with van der Waals surface area (Å²) in [7, 11) is -1.36. The Morgan fingerprint density at radius 3 is 2.52 bits per heavy atom. The highest BCUT2D eigenvalue weighted by atomic mass is 79.9. The number of nitrogens with one attached hydrogen (secondary N) is 1. The van der Waals surface area contributed by atoms with E-state index in [-0.39, 0.29) is 35.0 Å². The van der Waals surface area contributed by atoms with Gasteiger partial charge >= 0.3 is 5.97 Å². The van der Waals surface area contributed by atoms with Gasteiger partial charge in [-0.05, 0) is 80.4 Å². The molecule has 0 spiro atoms. The lowest BCUT2D eigenvalue weighted by molar-refractivity contribution is -0.144. The highest BCUT2D eigenvalue weighted by Gasteiger charge is 2.25. The second-order valence-electron chi connectivity index (χ2n) is 8.20. The molecule has 0 saturated heterocycles. The number of thioether (sulfide) groups is 1. The Morgan fingerprint density at radius 2 is 1.97 bits per heavy atom. The molecule has 0 amide bonds. The van der Waals surface area contributed by atoms with Crippen molar-refractivity contribution in [3.05, 3.63) is 56.2 Å². The van der Waals surface area contributed by atoms with E-state index in [1.54, 1.807) is 25.3 Å². The van der Waals surface area contributed by atoms with Gasteiger partial charge in [-0.2, -0.15) is 0 Å². The van der Waals surface area contributed by atoms with E-state index in [1.807, 2.05) is 20.8 Å². The zero-order valence-electron chi connectivity index (χ0n) is 19.3. The molecular weight excluding hydrogens is 533 g/mol. The fourth-order valence-electron chi connectivity index (χ4n) is 2.93. The van der Waals surface area contributed by atoms with Crippen LogP contribution in [0, 0.1) is 5.82 Å². The molecule has 0 fully saturated rings. The van der Waals surface area contributed by atoms with Crippen LogP contribution in [0.2, 0.25) is 0 Å². The Kier molecular flexibility index (Phi) is 10.3. The van der Waals surface area contributed by atoms with Crippen LogP contribution in [0.4, 0.5) is 4.39 Å². The molecule has 2 rings (SSSR count). The lowest BCUT2D eigenvalue weighted by atomic mass is 10.0. The lowest BCUT2D eigenvalue weighted by Crippen LogP contribution is -2.36. The second kappa shape index (κ2) is 12.2. The third kappa shape index (κ3) is 7.73. The maximum Gasteiger partial charge on any atom is 0.326 e. The fourth-order valence-corrected chi connectivity index (χ4v) is 4.86. The first kappa shape index (κ1) is 27.7. The molecule has 0 aliphatic rings. The van der Waals surface area contributed by atoms with Gasteiger partial charge in [-0.15, -0.1) is 0 Å². The van der Waals surface area contributed by atoms with Gasteiger partial charge in [-0.1, -0.05) is 23.9 Å². The van der Waals surface area contributed by atoms with Gasteiger partial charge in [-0.3, -0.25) is 14.2 Å². The second-order valence-corrected chi connectivity index (χ2v) is 11.8. The van der Waals surface area contributed by atoms with E-state index >= 15 is 0 Å². The van der Waals surface area contributed by atoms with Gasteiger partial charge in [0.25, 0.3) is 5.56 Å². The molecule has 0 saturated carbocycles. The minimum absolute atomic E-state index is 0.223. The number of ether oxygens (including phenoxy) is 1. The highest BCUT2D eigenvalue weighted by molar-refractivity contribution is 9.10. The molecule has 1 aromatic carbocycles. The predicted octanol–water partition coefficient (Wildman–Crippen LogP) is 4.16. The Balaban J connectivity index is 2.33. The van der Waals surface area contributed by atoms with Gasteiger partial charge in [0, 0.05) is 6.04 Å². The van der Waals surface area contributed by atoms with E-state index in [1.165, 1.54) is 28.5 Å². The highest BCUT2D eigenvalue weighted by Crippen LogP contribution is 2.25. The summed E-state index contributed by atoms with van der Waals surface area (Å²) in [6.07, 6.45) is 2.63. The Bertz CT molecular complexity index is 1060. The Morgan fingerprint density at radius 1 is 1.33 bits per heavy atom. The first-order valence-corrected chi connectivity index (χ1v) is 13.6. The van der Waals surface area contributed by atoms with E-state index in [0.29, 0.717) is 23.7 Å². The fraction of sp³-hybridized carbons (Fsp3) is 0.500. The van der Waals surface area contributed by atoms with Crippen LogP contribution in [0.3, 0.4) is 0 Å². The van der Waals surface area contributed by atoms with Crippen molar-refractivity contribution in [2.24, 2.45) is 0 Å². The number of aromatic nitrogens is 2. The maximum absolute atomic E-state index is 13.4. The van der Waals surface area contributed by atoms with E-state index in [2.05, 4.69) is 25.6 Å². The van der Waals surface area contributed by atoms with E-state index in [4.69, 9.17) is 4.74 Å². The zero-order valence-corrected chi connectivity index (χ0v) is 22.5. The number of benzene rings is 1. The predicted molar refractivity (Wildman–Crippen MR) is 133 cm³/mol. The average molecular weight is 563 g/mol. The molecule has 7 nitrogen and oxygen atoms in total. The largest absolute Gasteiger partial charge is 0.465 e. The molecule has 0 bridgehead atoms. The summed E-state index contributed by atoms with van der Waals surface area (Å²) < 4.78 is 35.3. The summed E-state index contributed by atoms with van der Waals surface area (Å²) in [4.78, 5) is 29.4. The summed E-state index contributed by atoms with van der Waals surface area (Å²) >= 11 is 4.59. The van der Waals surface area contributed by atoms with E-state index in [9.17, 15) is 18.2 Å². The number of aryl methyl sites for hydroxylation is 1. The van der Waals surface area contributed by atoms with Crippen LogP contribution < -0.4 is 10.3 Å². The van der Waals surface area contributed by atoms with Gasteiger partial charge in [0.2, 0.25) is 0 Å². The van der Waals surface area contributed by atoms with Crippen molar-refractivity contribution in [1.29, 1.82) is 0 Å². The van der Waals surface area contributed by atoms with Crippen molar-refractivity contribution < 1.29 is 18.1 Å². The van der Waals surface area contributed by atoms with E-state index in [0.717, 1.165) is 5.56 Å². The monoisotopic (exact) mass is 561 g/mol. The summed E-state index contributed by atoms with van der Waals surface area (Å²) in [5, 5.41) is 0.399. The average Bonchev–Trinajstić information content (AvgIpc) is 2.75. The zero-order chi connectivity index (χ0) is 24.8. The van der Waals surface area contributed by atoms with Crippen molar-refractivity contribution in [3.63, 3.8) is 0 Å². The molecule has 33 heavy (non-hydrogen) atoms. The molecule has 0 radical (unpaired) electrons. The van der Waals surface area contributed by atoms with Crippen molar-refractivity contribution in [2.45, 2.75) is 63.0 Å². The van der Waals surface area contributed by atoms with Gasteiger partial charge in [-0.25, -0.2) is 18.3 Å². The van der Waals surface area contributed by atoms with Crippen molar-refractivity contribution >= 4 is 44.6 Å². The van der Waals surface area contributed by atoms with Crippen LogP contribution in [0.15, 0.2) is 38.7 Å². The molecule has 2 atom stereocenters. The standard InChI is InChI=1S/C22H29BrFN3O4S2/c1-6-31-18(28)13-27-20(29)19(23)17(25-21(27)32-5)12-11-16(26-33(30)22(2,3)4)14-7-9-15(24)10-8-14/h7-10,16,26H,6,11-13H2,1-5H3/t16-,33-/m1/s1. The quantitative estimate of drug-likeness (QED) is 0.266. The first-order valence-electron chi connectivity index (χ1n) is 10.4. The van der Waals surface area contributed by atoms with Gasteiger partial charge < -0.3 is 4.74 Å². The maximum atomic E-state index is 13.4. The van der Waals surface area contributed by atoms with Crippen molar-refractivity contribution in [3.8, 4) is 0 Å². The number of hydrogen-bond acceptors (Lipinski definition) is 6. The summed E-state index contributed by atoms with van der Waals surface area (Å²) in [5.74, 6) is -0.865. The first-order chi connectivity index (χ1) is 15.5. The molecule has 1 heterocycles. The number of halogens is 2. The number of rotatable bonds is 10. The molecule has 0 unspecified atom stereocenters. The molecule has 11 heteroatoms. The van der Waals surface area contributed by atoms with Gasteiger partial charge in [0.1, 0.15) is 16.8 Å². The molecule has 1 N–H and O–H groups in total. The number of nitrogens with zero attached hydrogens (tertiary/aromatic N) is 2. The van der Waals surface area contributed by atoms with Crippen LogP contribution in [-0.2, 0) is 33.5 Å². The Hall–Kier alpha value is -1.56.